The standard InChI is InChI=1S/C15H10ClF3N2O/c16-12-6-7-13(20-9-12)21-14(22)8-3-10-1-4-11(5-2-10)15(17,18)19/h1-9H,(H,20,21,22)/b8-3+. The molecular weight excluding hydrogens is 317 g/mol. The molecule has 0 aliphatic rings. The molecule has 0 aliphatic carbocycles. The Balaban J connectivity index is 1.99. The van der Waals surface area contributed by atoms with E-state index < -0.39 is 17.6 Å². The summed E-state index contributed by atoms with van der Waals surface area (Å²) in [4.78, 5) is 15.5. The predicted octanol–water partition coefficient (Wildman–Crippen LogP) is 4.41. The molecular formula is C15H10ClF3N2O. The third-order valence-electron chi connectivity index (χ3n) is 2.64. The van der Waals surface area contributed by atoms with Crippen LogP contribution < -0.4 is 5.32 Å². The lowest BCUT2D eigenvalue weighted by Gasteiger charge is -2.05. The van der Waals surface area contributed by atoms with Crippen LogP contribution in [-0.4, -0.2) is 10.9 Å². The topological polar surface area (TPSA) is 42.0 Å². The van der Waals surface area contributed by atoms with Gasteiger partial charge in [-0.1, -0.05) is 23.7 Å². The van der Waals surface area contributed by atoms with Crippen LogP contribution in [0.15, 0.2) is 48.7 Å². The Morgan fingerprint density at radius 2 is 1.82 bits per heavy atom. The molecule has 0 atom stereocenters. The van der Waals surface area contributed by atoms with E-state index in [9.17, 15) is 18.0 Å². The van der Waals surface area contributed by atoms with E-state index in [1.807, 2.05) is 0 Å². The largest absolute Gasteiger partial charge is 0.416 e. The number of carbonyl (C=O) groups is 1. The number of nitrogens with zero attached hydrogens (tertiary/aromatic N) is 1. The minimum absolute atomic E-state index is 0.325. The number of nitrogens with one attached hydrogen (secondary N) is 1. The molecule has 7 heteroatoms. The van der Waals surface area contributed by atoms with E-state index in [0.717, 1.165) is 12.1 Å². The summed E-state index contributed by atoms with van der Waals surface area (Å²) in [7, 11) is 0. The van der Waals surface area contributed by atoms with Gasteiger partial charge in [0.05, 0.1) is 10.6 Å². The van der Waals surface area contributed by atoms with E-state index in [4.69, 9.17) is 11.6 Å². The Hall–Kier alpha value is -2.34. The molecule has 0 radical (unpaired) electrons. The lowest BCUT2D eigenvalue weighted by molar-refractivity contribution is -0.137. The molecule has 2 rings (SSSR count). The third-order valence-corrected chi connectivity index (χ3v) is 2.87. The quantitative estimate of drug-likeness (QED) is 0.849. The van der Waals surface area contributed by atoms with Gasteiger partial charge < -0.3 is 5.32 Å². The van der Waals surface area contributed by atoms with Crippen molar-refractivity contribution >= 4 is 29.4 Å². The predicted molar refractivity (Wildman–Crippen MR) is 78.4 cm³/mol. The van der Waals surface area contributed by atoms with E-state index in [2.05, 4.69) is 10.3 Å². The molecule has 0 spiro atoms. The highest BCUT2D eigenvalue weighted by Crippen LogP contribution is 2.29. The van der Waals surface area contributed by atoms with Crippen LogP contribution in [0.25, 0.3) is 6.08 Å². The number of rotatable bonds is 3. The maximum Gasteiger partial charge on any atom is 0.416 e. The number of carbonyl (C=O) groups excluding carboxylic acids is 1. The first-order chi connectivity index (χ1) is 10.3. The van der Waals surface area contributed by atoms with Gasteiger partial charge in [-0.25, -0.2) is 4.98 Å². The number of amides is 1. The maximum absolute atomic E-state index is 12.4. The maximum atomic E-state index is 12.4. The fraction of sp³-hybridized carbons (Fsp3) is 0.0667. The highest BCUT2D eigenvalue weighted by Gasteiger charge is 2.29. The summed E-state index contributed by atoms with van der Waals surface area (Å²) >= 11 is 5.66. The van der Waals surface area contributed by atoms with Crippen molar-refractivity contribution in [3.8, 4) is 0 Å². The molecule has 0 fully saturated rings. The van der Waals surface area contributed by atoms with Crippen LogP contribution in [0.5, 0.6) is 0 Å². The Kier molecular flexibility index (Phi) is 4.82. The Morgan fingerprint density at radius 1 is 1.14 bits per heavy atom. The molecule has 1 aromatic heterocycles. The minimum atomic E-state index is -4.38. The van der Waals surface area contributed by atoms with Gasteiger partial charge in [0.15, 0.2) is 0 Å². The molecule has 0 saturated heterocycles. The summed E-state index contributed by atoms with van der Waals surface area (Å²) in [5, 5.41) is 2.94. The monoisotopic (exact) mass is 326 g/mol. The number of benzene rings is 1. The van der Waals surface area contributed by atoms with Gasteiger partial charge in [-0.05, 0) is 35.9 Å². The Bertz CT molecular complexity index is 679. The van der Waals surface area contributed by atoms with Gasteiger partial charge in [-0.3, -0.25) is 4.79 Å². The van der Waals surface area contributed by atoms with E-state index in [1.54, 1.807) is 6.07 Å². The zero-order valence-electron chi connectivity index (χ0n) is 11.1. The van der Waals surface area contributed by atoms with Gasteiger partial charge in [0, 0.05) is 12.3 Å². The fourth-order valence-electron chi connectivity index (χ4n) is 1.57. The summed E-state index contributed by atoms with van der Waals surface area (Å²) in [6, 6.07) is 7.59. The summed E-state index contributed by atoms with van der Waals surface area (Å²) in [5.41, 5.74) is -0.258. The van der Waals surface area contributed by atoms with Crippen molar-refractivity contribution in [1.29, 1.82) is 0 Å². The van der Waals surface area contributed by atoms with Crippen LogP contribution in [0, 0.1) is 0 Å². The smallest absolute Gasteiger partial charge is 0.307 e. The molecule has 1 heterocycles. The second-order valence-electron chi connectivity index (χ2n) is 4.30. The van der Waals surface area contributed by atoms with Gasteiger partial charge in [-0.15, -0.1) is 0 Å². The molecule has 0 unspecified atom stereocenters. The molecule has 0 saturated carbocycles. The van der Waals surface area contributed by atoms with Crippen LogP contribution in [0.4, 0.5) is 19.0 Å². The third kappa shape index (κ3) is 4.60. The van der Waals surface area contributed by atoms with Crippen LogP contribution in [0.2, 0.25) is 5.02 Å². The molecule has 1 aromatic carbocycles. The van der Waals surface area contributed by atoms with Crippen molar-refractivity contribution < 1.29 is 18.0 Å². The van der Waals surface area contributed by atoms with E-state index >= 15 is 0 Å². The highest BCUT2D eigenvalue weighted by atomic mass is 35.5. The number of aromatic nitrogens is 1. The SMILES string of the molecule is O=C(/C=C/c1ccc(C(F)(F)F)cc1)Nc1ccc(Cl)cn1. The first kappa shape index (κ1) is 16.0. The average molecular weight is 327 g/mol. The zero-order chi connectivity index (χ0) is 16.2. The van der Waals surface area contributed by atoms with Crippen molar-refractivity contribution in [3.05, 3.63) is 64.8 Å². The summed E-state index contributed by atoms with van der Waals surface area (Å²) in [5.74, 6) is -0.124. The van der Waals surface area contributed by atoms with Crippen LogP contribution in [0.1, 0.15) is 11.1 Å². The molecule has 0 bridgehead atoms. The molecule has 0 aliphatic heterocycles. The second-order valence-corrected chi connectivity index (χ2v) is 4.74. The Morgan fingerprint density at radius 3 is 2.36 bits per heavy atom. The molecule has 22 heavy (non-hydrogen) atoms. The fourth-order valence-corrected chi connectivity index (χ4v) is 1.68. The van der Waals surface area contributed by atoms with E-state index in [0.29, 0.717) is 16.4 Å². The van der Waals surface area contributed by atoms with Crippen molar-refractivity contribution in [2.75, 3.05) is 5.32 Å². The van der Waals surface area contributed by atoms with Gasteiger partial charge in [0.2, 0.25) is 5.91 Å². The zero-order valence-corrected chi connectivity index (χ0v) is 11.8. The van der Waals surface area contributed by atoms with Crippen molar-refractivity contribution in [1.82, 2.24) is 4.98 Å². The van der Waals surface area contributed by atoms with Gasteiger partial charge in [-0.2, -0.15) is 13.2 Å². The number of hydrogen-bond acceptors (Lipinski definition) is 2. The highest BCUT2D eigenvalue weighted by molar-refractivity contribution is 6.30. The van der Waals surface area contributed by atoms with Crippen LogP contribution in [-0.2, 0) is 11.0 Å². The van der Waals surface area contributed by atoms with Gasteiger partial charge in [0.25, 0.3) is 0 Å². The normalized spacial score (nSPS) is 11.6. The van der Waals surface area contributed by atoms with Crippen molar-refractivity contribution in [2.24, 2.45) is 0 Å². The summed E-state index contributed by atoms with van der Waals surface area (Å²) in [6.45, 7) is 0. The summed E-state index contributed by atoms with van der Waals surface area (Å²) in [6.07, 6.45) is -0.374. The molecule has 1 N–H and O–H groups in total. The van der Waals surface area contributed by atoms with Gasteiger partial charge in [0.1, 0.15) is 5.82 Å². The van der Waals surface area contributed by atoms with Crippen molar-refractivity contribution in [2.45, 2.75) is 6.18 Å². The lowest BCUT2D eigenvalue weighted by atomic mass is 10.1. The molecule has 1 amide bonds. The number of alkyl halides is 3. The Labute approximate surface area is 129 Å². The number of anilines is 1. The van der Waals surface area contributed by atoms with Crippen molar-refractivity contribution in [3.63, 3.8) is 0 Å². The first-order valence-electron chi connectivity index (χ1n) is 6.12. The van der Waals surface area contributed by atoms with Crippen LogP contribution in [0.3, 0.4) is 0 Å². The number of halogens is 4. The molecule has 114 valence electrons. The van der Waals surface area contributed by atoms with E-state index in [1.165, 1.54) is 36.5 Å². The van der Waals surface area contributed by atoms with E-state index in [-0.39, 0.29) is 0 Å². The minimum Gasteiger partial charge on any atom is -0.307 e. The number of hydrogen-bond donors (Lipinski definition) is 1. The lowest BCUT2D eigenvalue weighted by Crippen LogP contribution is -2.08. The van der Waals surface area contributed by atoms with Crippen LogP contribution >= 0.6 is 11.6 Å². The number of pyridine rings is 1. The second kappa shape index (κ2) is 6.62. The average Bonchev–Trinajstić information content (AvgIpc) is 2.47. The first-order valence-corrected chi connectivity index (χ1v) is 6.50. The molecule has 2 aromatic rings. The molecule has 3 nitrogen and oxygen atoms in total. The summed E-state index contributed by atoms with van der Waals surface area (Å²) < 4.78 is 37.2. The van der Waals surface area contributed by atoms with Gasteiger partial charge >= 0.3 is 6.18 Å².